The van der Waals surface area contributed by atoms with E-state index in [-0.39, 0.29) is 5.75 Å². The molecule has 0 fully saturated rings. The van der Waals surface area contributed by atoms with E-state index in [4.69, 9.17) is 4.42 Å². The monoisotopic (exact) mass is 356 g/mol. The van der Waals surface area contributed by atoms with Crippen LogP contribution in [0.15, 0.2) is 64.0 Å². The van der Waals surface area contributed by atoms with Gasteiger partial charge in [0, 0.05) is 17.3 Å². The summed E-state index contributed by atoms with van der Waals surface area (Å²) < 4.78 is 5.94. The molecule has 0 aliphatic rings. The van der Waals surface area contributed by atoms with Gasteiger partial charge < -0.3 is 9.52 Å². The predicted octanol–water partition coefficient (Wildman–Crippen LogP) is 5.88. The molecule has 0 amide bonds. The first-order chi connectivity index (χ1) is 13.0. The van der Waals surface area contributed by atoms with Gasteiger partial charge in [-0.15, -0.1) is 0 Å². The van der Waals surface area contributed by atoms with E-state index < -0.39 is 0 Å². The molecule has 0 aliphatic heterocycles. The second kappa shape index (κ2) is 6.72. The number of nitrogens with zero attached hydrogens (tertiary/aromatic N) is 2. The number of hydrogen-bond acceptors (Lipinski definition) is 4. The molecule has 0 unspecified atom stereocenters. The molecule has 0 aliphatic carbocycles. The summed E-state index contributed by atoms with van der Waals surface area (Å²) in [5.41, 5.74) is 6.98. The number of benzene rings is 3. The molecule has 0 spiro atoms. The number of para-hydroxylation sites is 1. The summed E-state index contributed by atoms with van der Waals surface area (Å²) in [6, 6.07) is 17.4. The van der Waals surface area contributed by atoms with E-state index in [1.54, 1.807) is 6.21 Å². The Bertz CT molecular complexity index is 1170. The second-order valence-corrected chi connectivity index (χ2v) is 6.71. The first kappa shape index (κ1) is 17.0. The van der Waals surface area contributed by atoms with Crippen molar-refractivity contribution in [2.75, 3.05) is 0 Å². The fourth-order valence-electron chi connectivity index (χ4n) is 3.07. The van der Waals surface area contributed by atoms with Crippen molar-refractivity contribution in [1.82, 2.24) is 4.98 Å². The quantitative estimate of drug-likeness (QED) is 0.467. The maximum absolute atomic E-state index is 10.2. The number of aryl methyl sites for hydroxylation is 2. The highest BCUT2D eigenvalue weighted by Gasteiger charge is 2.12. The van der Waals surface area contributed by atoms with Crippen molar-refractivity contribution in [2.45, 2.75) is 20.8 Å². The number of aromatic nitrogens is 1. The maximum atomic E-state index is 10.2. The molecule has 1 aromatic heterocycles. The van der Waals surface area contributed by atoms with E-state index in [1.165, 1.54) is 0 Å². The summed E-state index contributed by atoms with van der Waals surface area (Å²) >= 11 is 0. The third-order valence-corrected chi connectivity index (χ3v) is 4.69. The minimum atomic E-state index is 0.254. The van der Waals surface area contributed by atoms with Crippen LogP contribution in [0, 0.1) is 20.8 Å². The standard InChI is InChI=1S/C23H20N2O2/c1-14-10-11-21-20(12-14)25-23(27-21)18-8-5-9-19(16(18)3)24-13-17-7-4-6-15(2)22(17)26/h4-13,26H,1-3H3. The highest BCUT2D eigenvalue weighted by Crippen LogP contribution is 2.32. The number of oxazole rings is 1. The number of aliphatic imine (C=N–C) groups is 1. The normalized spacial score (nSPS) is 11.5. The molecule has 0 radical (unpaired) electrons. The number of fused-ring (bicyclic) bond motifs is 1. The molecule has 1 heterocycles. The molecule has 4 rings (SSSR count). The Morgan fingerprint density at radius 1 is 1.00 bits per heavy atom. The highest BCUT2D eigenvalue weighted by molar-refractivity contribution is 5.87. The van der Waals surface area contributed by atoms with Gasteiger partial charge >= 0.3 is 0 Å². The van der Waals surface area contributed by atoms with Gasteiger partial charge in [0.1, 0.15) is 11.3 Å². The van der Waals surface area contributed by atoms with Crippen LogP contribution in [0.5, 0.6) is 5.75 Å². The molecule has 4 aromatic rings. The summed E-state index contributed by atoms with van der Waals surface area (Å²) in [5.74, 6) is 0.841. The van der Waals surface area contributed by atoms with Crippen LogP contribution in [0.25, 0.3) is 22.6 Å². The molecule has 0 atom stereocenters. The highest BCUT2D eigenvalue weighted by atomic mass is 16.3. The number of hydrogen-bond donors (Lipinski definition) is 1. The molecular weight excluding hydrogens is 336 g/mol. The van der Waals surface area contributed by atoms with Gasteiger partial charge in [-0.05, 0) is 67.8 Å². The van der Waals surface area contributed by atoms with Crippen molar-refractivity contribution >= 4 is 23.0 Å². The third kappa shape index (κ3) is 3.22. The topological polar surface area (TPSA) is 58.6 Å². The predicted molar refractivity (Wildman–Crippen MR) is 109 cm³/mol. The number of rotatable bonds is 3. The third-order valence-electron chi connectivity index (χ3n) is 4.69. The molecule has 0 saturated carbocycles. The van der Waals surface area contributed by atoms with E-state index in [0.717, 1.165) is 39.0 Å². The summed E-state index contributed by atoms with van der Waals surface area (Å²) in [5, 5.41) is 10.2. The van der Waals surface area contributed by atoms with Crippen LogP contribution in [-0.4, -0.2) is 16.3 Å². The fraction of sp³-hybridized carbons (Fsp3) is 0.130. The van der Waals surface area contributed by atoms with Gasteiger partial charge in [-0.2, -0.15) is 0 Å². The lowest BCUT2D eigenvalue weighted by Gasteiger charge is -2.06. The molecule has 1 N–H and O–H groups in total. The molecule has 27 heavy (non-hydrogen) atoms. The second-order valence-electron chi connectivity index (χ2n) is 6.71. The van der Waals surface area contributed by atoms with Gasteiger partial charge in [0.15, 0.2) is 5.58 Å². The summed E-state index contributed by atoms with van der Waals surface area (Å²) in [6.07, 6.45) is 1.68. The molecular formula is C23H20N2O2. The van der Waals surface area contributed by atoms with Gasteiger partial charge in [-0.25, -0.2) is 4.98 Å². The smallest absolute Gasteiger partial charge is 0.227 e. The van der Waals surface area contributed by atoms with Crippen molar-refractivity contribution in [1.29, 1.82) is 0 Å². The average Bonchev–Trinajstić information content (AvgIpc) is 3.06. The van der Waals surface area contributed by atoms with Gasteiger partial charge in [-0.3, -0.25) is 4.99 Å². The summed E-state index contributed by atoms with van der Waals surface area (Å²) in [6.45, 7) is 5.90. The number of phenols is 1. The number of aromatic hydroxyl groups is 1. The SMILES string of the molecule is Cc1ccc2oc(-c3cccc(N=Cc4cccc(C)c4O)c3C)nc2c1. The lowest BCUT2D eigenvalue weighted by molar-refractivity contribution is 0.470. The van der Waals surface area contributed by atoms with Crippen LogP contribution in [0.2, 0.25) is 0 Å². The minimum absolute atomic E-state index is 0.254. The minimum Gasteiger partial charge on any atom is -0.507 e. The number of phenolic OH excluding ortho intramolecular Hbond substituents is 1. The van der Waals surface area contributed by atoms with Crippen molar-refractivity contribution in [3.05, 3.63) is 76.9 Å². The Morgan fingerprint density at radius 3 is 2.67 bits per heavy atom. The lowest BCUT2D eigenvalue weighted by atomic mass is 10.1. The van der Waals surface area contributed by atoms with Crippen LogP contribution in [0.1, 0.15) is 22.3 Å². The van der Waals surface area contributed by atoms with E-state index >= 15 is 0 Å². The van der Waals surface area contributed by atoms with Crippen molar-refractivity contribution < 1.29 is 9.52 Å². The Morgan fingerprint density at radius 2 is 1.81 bits per heavy atom. The molecule has 4 nitrogen and oxygen atoms in total. The summed E-state index contributed by atoms with van der Waals surface area (Å²) in [4.78, 5) is 9.21. The van der Waals surface area contributed by atoms with Gasteiger partial charge in [0.05, 0.1) is 5.69 Å². The molecule has 0 bridgehead atoms. The first-order valence-corrected chi connectivity index (χ1v) is 8.83. The van der Waals surface area contributed by atoms with Crippen LogP contribution in [-0.2, 0) is 0 Å². The first-order valence-electron chi connectivity index (χ1n) is 8.83. The van der Waals surface area contributed by atoms with E-state index in [9.17, 15) is 5.11 Å². The van der Waals surface area contributed by atoms with E-state index in [2.05, 4.69) is 9.98 Å². The zero-order chi connectivity index (χ0) is 19.0. The van der Waals surface area contributed by atoms with Crippen molar-refractivity contribution in [3.63, 3.8) is 0 Å². The van der Waals surface area contributed by atoms with Crippen LogP contribution < -0.4 is 0 Å². The summed E-state index contributed by atoms with van der Waals surface area (Å²) in [7, 11) is 0. The largest absolute Gasteiger partial charge is 0.507 e. The van der Waals surface area contributed by atoms with Crippen LogP contribution in [0.3, 0.4) is 0 Å². The van der Waals surface area contributed by atoms with Gasteiger partial charge in [0.25, 0.3) is 0 Å². The Hall–Kier alpha value is -3.40. The van der Waals surface area contributed by atoms with E-state index in [0.29, 0.717) is 11.5 Å². The Labute approximate surface area is 157 Å². The van der Waals surface area contributed by atoms with Crippen LogP contribution >= 0.6 is 0 Å². The Kier molecular flexibility index (Phi) is 4.24. The lowest BCUT2D eigenvalue weighted by Crippen LogP contribution is -1.87. The zero-order valence-electron chi connectivity index (χ0n) is 15.5. The molecule has 3 aromatic carbocycles. The van der Waals surface area contributed by atoms with Crippen LogP contribution in [0.4, 0.5) is 5.69 Å². The van der Waals surface area contributed by atoms with Gasteiger partial charge in [-0.1, -0.05) is 24.3 Å². The van der Waals surface area contributed by atoms with Crippen molar-refractivity contribution in [3.8, 4) is 17.2 Å². The fourth-order valence-corrected chi connectivity index (χ4v) is 3.07. The van der Waals surface area contributed by atoms with Gasteiger partial charge in [0.2, 0.25) is 5.89 Å². The maximum Gasteiger partial charge on any atom is 0.227 e. The molecule has 0 saturated heterocycles. The average molecular weight is 356 g/mol. The molecule has 134 valence electrons. The van der Waals surface area contributed by atoms with E-state index in [1.807, 2.05) is 75.4 Å². The molecule has 4 heteroatoms. The Balaban J connectivity index is 1.74. The van der Waals surface area contributed by atoms with Crippen molar-refractivity contribution in [2.24, 2.45) is 4.99 Å². The zero-order valence-corrected chi connectivity index (χ0v) is 15.5.